The van der Waals surface area contributed by atoms with Gasteiger partial charge in [-0.25, -0.2) is 4.79 Å². The van der Waals surface area contributed by atoms with Gasteiger partial charge in [0.1, 0.15) is 17.0 Å². The molecule has 6 heteroatoms. The second-order valence-corrected chi connectivity index (χ2v) is 10.4. The van der Waals surface area contributed by atoms with Gasteiger partial charge in [0.25, 0.3) is 0 Å². The van der Waals surface area contributed by atoms with E-state index < -0.39 is 17.2 Å². The lowest BCUT2D eigenvalue weighted by Gasteiger charge is -2.37. The number of hydrogen-bond donors (Lipinski definition) is 3. The molecular formula is C31H36N4O2. The van der Waals surface area contributed by atoms with Gasteiger partial charge in [-0.15, -0.1) is 0 Å². The first-order valence-electron chi connectivity index (χ1n) is 12.7. The highest BCUT2D eigenvalue weighted by atomic mass is 16.6. The highest BCUT2D eigenvalue weighted by Crippen LogP contribution is 2.41. The zero-order chi connectivity index (χ0) is 26.5. The molecular weight excluding hydrogens is 460 g/mol. The van der Waals surface area contributed by atoms with E-state index >= 15 is 0 Å². The Labute approximate surface area is 219 Å². The lowest BCUT2D eigenvalue weighted by Crippen LogP contribution is -2.39. The standard InChI is InChI=1S/C31H36N4O2/c1-22(2)27-26(21-32-29(36)37-30(3,4)5)28(35-34-27)33-31(23-15-9-6-10-16-23,24-17-11-7-12-18-24)25-19-13-8-14-20-25/h6-20,22H,21H2,1-5H3,(H,32,36)(H2,33,34,35). The summed E-state index contributed by atoms with van der Waals surface area (Å²) in [5, 5.41) is 14.7. The maximum Gasteiger partial charge on any atom is 0.407 e. The third-order valence-electron chi connectivity index (χ3n) is 6.19. The van der Waals surface area contributed by atoms with Crippen molar-refractivity contribution in [2.24, 2.45) is 0 Å². The van der Waals surface area contributed by atoms with E-state index in [4.69, 9.17) is 4.74 Å². The molecule has 3 N–H and O–H groups in total. The van der Waals surface area contributed by atoms with E-state index in [1.54, 1.807) is 0 Å². The van der Waals surface area contributed by atoms with Crippen LogP contribution in [0, 0.1) is 0 Å². The summed E-state index contributed by atoms with van der Waals surface area (Å²) in [7, 11) is 0. The summed E-state index contributed by atoms with van der Waals surface area (Å²) < 4.78 is 5.48. The summed E-state index contributed by atoms with van der Waals surface area (Å²) in [6.45, 7) is 10.0. The molecule has 0 bridgehead atoms. The van der Waals surface area contributed by atoms with Crippen molar-refractivity contribution in [1.82, 2.24) is 15.5 Å². The third-order valence-corrected chi connectivity index (χ3v) is 6.19. The van der Waals surface area contributed by atoms with Gasteiger partial charge in [-0.3, -0.25) is 5.10 Å². The number of aromatic nitrogens is 2. The van der Waals surface area contributed by atoms with Gasteiger partial charge >= 0.3 is 6.09 Å². The van der Waals surface area contributed by atoms with Gasteiger partial charge in [0.05, 0.1) is 12.2 Å². The molecule has 4 aromatic rings. The monoisotopic (exact) mass is 496 g/mol. The molecule has 0 spiro atoms. The number of carbonyl (C=O) groups excluding carboxylic acids is 1. The Bertz CT molecular complexity index is 1200. The molecule has 3 aromatic carbocycles. The topological polar surface area (TPSA) is 79.0 Å². The van der Waals surface area contributed by atoms with Crippen LogP contribution in [0.25, 0.3) is 0 Å². The van der Waals surface area contributed by atoms with E-state index in [-0.39, 0.29) is 12.5 Å². The minimum absolute atomic E-state index is 0.154. The largest absolute Gasteiger partial charge is 0.444 e. The molecule has 192 valence electrons. The van der Waals surface area contributed by atoms with Crippen LogP contribution in [0.5, 0.6) is 0 Å². The predicted molar refractivity (Wildman–Crippen MR) is 149 cm³/mol. The second-order valence-electron chi connectivity index (χ2n) is 10.4. The first-order chi connectivity index (χ1) is 17.7. The van der Waals surface area contributed by atoms with Crippen LogP contribution < -0.4 is 10.6 Å². The molecule has 37 heavy (non-hydrogen) atoms. The van der Waals surface area contributed by atoms with Gasteiger partial charge in [-0.05, 0) is 43.4 Å². The van der Waals surface area contributed by atoms with Crippen molar-refractivity contribution in [3.63, 3.8) is 0 Å². The van der Waals surface area contributed by atoms with E-state index in [9.17, 15) is 4.79 Å². The Hall–Kier alpha value is -4.06. The average molecular weight is 497 g/mol. The Morgan fingerprint density at radius 1 is 0.838 bits per heavy atom. The number of rotatable bonds is 8. The number of H-pyrrole nitrogens is 1. The maximum absolute atomic E-state index is 12.5. The number of carbonyl (C=O) groups is 1. The van der Waals surface area contributed by atoms with Crippen molar-refractivity contribution < 1.29 is 9.53 Å². The number of hydrogen-bond acceptors (Lipinski definition) is 4. The van der Waals surface area contributed by atoms with Crippen molar-refractivity contribution in [3.05, 3.63) is 119 Å². The molecule has 0 radical (unpaired) electrons. The summed E-state index contributed by atoms with van der Waals surface area (Å²) in [4.78, 5) is 12.5. The Kier molecular flexibility index (Phi) is 7.67. The number of alkyl carbamates (subject to hydrolysis) is 1. The van der Waals surface area contributed by atoms with E-state index in [2.05, 4.69) is 107 Å². The molecule has 1 amide bonds. The SMILES string of the molecule is CC(C)c1n[nH]c(NC(c2ccccc2)(c2ccccc2)c2ccccc2)c1CNC(=O)OC(C)(C)C. The van der Waals surface area contributed by atoms with E-state index in [0.29, 0.717) is 0 Å². The Morgan fingerprint density at radius 2 is 1.30 bits per heavy atom. The average Bonchev–Trinajstić information content (AvgIpc) is 3.29. The molecule has 1 heterocycles. The Balaban J connectivity index is 1.84. The van der Waals surface area contributed by atoms with Gasteiger partial charge in [0, 0.05) is 5.56 Å². The number of benzene rings is 3. The normalized spacial score (nSPS) is 11.8. The van der Waals surface area contributed by atoms with Crippen LogP contribution in [0.15, 0.2) is 91.0 Å². The van der Waals surface area contributed by atoms with Gasteiger partial charge in [0.15, 0.2) is 0 Å². The highest BCUT2D eigenvalue weighted by Gasteiger charge is 2.37. The second kappa shape index (κ2) is 10.9. The first-order valence-corrected chi connectivity index (χ1v) is 12.7. The number of anilines is 1. The first kappa shape index (κ1) is 26.0. The van der Waals surface area contributed by atoms with Crippen LogP contribution in [0.3, 0.4) is 0 Å². The zero-order valence-corrected chi connectivity index (χ0v) is 22.2. The van der Waals surface area contributed by atoms with Gasteiger partial charge in [0.2, 0.25) is 0 Å². The number of ether oxygens (including phenoxy) is 1. The molecule has 0 saturated carbocycles. The molecule has 0 aliphatic carbocycles. The van der Waals surface area contributed by atoms with Crippen molar-refractivity contribution >= 4 is 11.9 Å². The van der Waals surface area contributed by atoms with Crippen LogP contribution in [0.4, 0.5) is 10.6 Å². The molecule has 0 unspecified atom stereocenters. The van der Waals surface area contributed by atoms with E-state index in [1.165, 1.54) is 0 Å². The van der Waals surface area contributed by atoms with E-state index in [0.717, 1.165) is 33.8 Å². The quantitative estimate of drug-likeness (QED) is 0.230. The molecule has 0 saturated heterocycles. The van der Waals surface area contributed by atoms with Gasteiger partial charge < -0.3 is 15.4 Å². The van der Waals surface area contributed by atoms with Crippen LogP contribution >= 0.6 is 0 Å². The summed E-state index contributed by atoms with van der Waals surface area (Å²) in [6, 6.07) is 31.2. The molecule has 4 rings (SSSR count). The van der Waals surface area contributed by atoms with Crippen LogP contribution in [-0.2, 0) is 16.8 Å². The minimum atomic E-state index is -0.717. The van der Waals surface area contributed by atoms with Crippen LogP contribution in [0.2, 0.25) is 0 Å². The molecule has 0 atom stereocenters. The molecule has 0 aliphatic heterocycles. The van der Waals surface area contributed by atoms with Crippen LogP contribution in [-0.4, -0.2) is 21.9 Å². The third kappa shape index (κ3) is 5.85. The van der Waals surface area contributed by atoms with Crippen LogP contribution in [0.1, 0.15) is 68.5 Å². The smallest absolute Gasteiger partial charge is 0.407 e. The minimum Gasteiger partial charge on any atom is -0.444 e. The molecule has 6 nitrogen and oxygen atoms in total. The fraction of sp³-hybridized carbons (Fsp3) is 0.290. The molecule has 0 aliphatic rings. The fourth-order valence-corrected chi connectivity index (χ4v) is 4.58. The van der Waals surface area contributed by atoms with Crippen molar-refractivity contribution in [2.45, 2.75) is 58.2 Å². The fourth-order valence-electron chi connectivity index (χ4n) is 4.58. The summed E-state index contributed by atoms with van der Waals surface area (Å²) in [5.41, 5.74) is 3.74. The number of amides is 1. The van der Waals surface area contributed by atoms with Crippen molar-refractivity contribution in [3.8, 4) is 0 Å². The van der Waals surface area contributed by atoms with E-state index in [1.807, 2.05) is 39.0 Å². The Morgan fingerprint density at radius 3 is 1.70 bits per heavy atom. The van der Waals surface area contributed by atoms with Gasteiger partial charge in [-0.2, -0.15) is 5.10 Å². The van der Waals surface area contributed by atoms with Crippen molar-refractivity contribution in [1.29, 1.82) is 0 Å². The predicted octanol–water partition coefficient (Wildman–Crippen LogP) is 6.96. The molecule has 0 fully saturated rings. The van der Waals surface area contributed by atoms with Gasteiger partial charge in [-0.1, -0.05) is 105 Å². The number of aromatic amines is 1. The lowest BCUT2D eigenvalue weighted by molar-refractivity contribution is 0.0523. The zero-order valence-electron chi connectivity index (χ0n) is 22.2. The summed E-state index contributed by atoms with van der Waals surface area (Å²) in [6.07, 6.45) is -0.463. The number of nitrogens with zero attached hydrogens (tertiary/aromatic N) is 1. The maximum atomic E-state index is 12.5. The molecule has 1 aromatic heterocycles. The number of nitrogens with one attached hydrogen (secondary N) is 3. The van der Waals surface area contributed by atoms with Crippen molar-refractivity contribution in [2.75, 3.05) is 5.32 Å². The summed E-state index contributed by atoms with van der Waals surface area (Å²) in [5.74, 6) is 0.901. The summed E-state index contributed by atoms with van der Waals surface area (Å²) >= 11 is 0. The highest BCUT2D eigenvalue weighted by molar-refractivity contribution is 5.68. The lowest BCUT2D eigenvalue weighted by atomic mass is 9.77.